The fourth-order valence-corrected chi connectivity index (χ4v) is 3.20. The molecule has 0 radical (unpaired) electrons. The van der Waals surface area contributed by atoms with Crippen LogP contribution in [0.15, 0.2) is 35.6 Å². The molecule has 6 nitrogen and oxygen atoms in total. The summed E-state index contributed by atoms with van der Waals surface area (Å²) < 4.78 is 23.1. The van der Waals surface area contributed by atoms with E-state index in [0.29, 0.717) is 25.1 Å². The van der Waals surface area contributed by atoms with E-state index in [1.807, 2.05) is 24.3 Å². The van der Waals surface area contributed by atoms with Gasteiger partial charge >= 0.3 is 0 Å². The summed E-state index contributed by atoms with van der Waals surface area (Å²) in [6.45, 7) is 2.10. The first-order valence-corrected chi connectivity index (χ1v) is 9.12. The van der Waals surface area contributed by atoms with E-state index < -0.39 is 9.84 Å². The summed E-state index contributed by atoms with van der Waals surface area (Å²) in [5, 5.41) is 9.06. The Balaban J connectivity index is 1.80. The third-order valence-electron chi connectivity index (χ3n) is 3.85. The molecular formula is C16H16N4O2S. The highest BCUT2D eigenvalue weighted by Crippen LogP contribution is 2.20. The first kappa shape index (κ1) is 15.6. The van der Waals surface area contributed by atoms with Gasteiger partial charge in [0.2, 0.25) is 15.0 Å². The zero-order chi connectivity index (χ0) is 16.4. The SMILES string of the molecule is CS(=O)(=O)c1ncc2c(n1)CCN(Cc1ccccc1C#N)C2. The molecule has 3 rings (SSSR count). The van der Waals surface area contributed by atoms with Crippen molar-refractivity contribution < 1.29 is 8.42 Å². The summed E-state index contributed by atoms with van der Waals surface area (Å²) >= 11 is 0. The molecule has 1 aliphatic rings. The van der Waals surface area contributed by atoms with Gasteiger partial charge in [0.15, 0.2) is 0 Å². The molecule has 0 saturated heterocycles. The molecule has 0 fully saturated rings. The predicted octanol–water partition coefficient (Wildman–Crippen LogP) is 1.31. The van der Waals surface area contributed by atoms with Crippen LogP contribution in [0.2, 0.25) is 0 Å². The van der Waals surface area contributed by atoms with E-state index in [9.17, 15) is 8.42 Å². The Kier molecular flexibility index (Phi) is 4.11. The lowest BCUT2D eigenvalue weighted by molar-refractivity contribution is 0.242. The van der Waals surface area contributed by atoms with Crippen molar-refractivity contribution in [2.75, 3.05) is 12.8 Å². The fraction of sp³-hybridized carbons (Fsp3) is 0.312. The van der Waals surface area contributed by atoms with Crippen molar-refractivity contribution in [1.29, 1.82) is 5.26 Å². The number of benzene rings is 1. The van der Waals surface area contributed by atoms with Gasteiger partial charge in [-0.15, -0.1) is 0 Å². The van der Waals surface area contributed by atoms with Gasteiger partial charge in [0, 0.05) is 44.1 Å². The monoisotopic (exact) mass is 328 g/mol. The highest BCUT2D eigenvalue weighted by atomic mass is 32.2. The number of nitriles is 1. The second-order valence-electron chi connectivity index (χ2n) is 5.63. The second kappa shape index (κ2) is 6.07. The maximum absolute atomic E-state index is 11.5. The van der Waals surface area contributed by atoms with E-state index in [1.54, 1.807) is 6.20 Å². The van der Waals surface area contributed by atoms with E-state index in [2.05, 4.69) is 20.9 Å². The number of hydrogen-bond donors (Lipinski definition) is 0. The molecule has 0 N–H and O–H groups in total. The summed E-state index contributed by atoms with van der Waals surface area (Å²) in [6, 6.07) is 9.76. The van der Waals surface area contributed by atoms with Crippen LogP contribution in [-0.4, -0.2) is 36.1 Å². The fourth-order valence-electron chi connectivity index (χ4n) is 2.68. The van der Waals surface area contributed by atoms with Crippen LogP contribution >= 0.6 is 0 Å². The topological polar surface area (TPSA) is 87.0 Å². The van der Waals surface area contributed by atoms with Gasteiger partial charge in [0.05, 0.1) is 17.3 Å². The molecule has 23 heavy (non-hydrogen) atoms. The van der Waals surface area contributed by atoms with Crippen LogP contribution in [0.25, 0.3) is 0 Å². The predicted molar refractivity (Wildman–Crippen MR) is 84.1 cm³/mol. The summed E-state index contributed by atoms with van der Waals surface area (Å²) in [5.74, 6) is 0. The lowest BCUT2D eigenvalue weighted by Gasteiger charge is -2.28. The molecule has 1 aliphatic heterocycles. The van der Waals surface area contributed by atoms with E-state index in [1.165, 1.54) is 0 Å². The number of nitrogens with zero attached hydrogens (tertiary/aromatic N) is 4. The van der Waals surface area contributed by atoms with Gasteiger partial charge in [-0.25, -0.2) is 18.4 Å². The number of sulfone groups is 1. The van der Waals surface area contributed by atoms with Gasteiger partial charge in [-0.1, -0.05) is 18.2 Å². The van der Waals surface area contributed by atoms with Crippen LogP contribution in [0.4, 0.5) is 0 Å². The van der Waals surface area contributed by atoms with E-state index in [0.717, 1.165) is 29.6 Å². The van der Waals surface area contributed by atoms with Crippen LogP contribution in [0.3, 0.4) is 0 Å². The lowest BCUT2D eigenvalue weighted by atomic mass is 10.0. The highest BCUT2D eigenvalue weighted by Gasteiger charge is 2.21. The summed E-state index contributed by atoms with van der Waals surface area (Å²) in [7, 11) is -3.38. The minimum atomic E-state index is -3.38. The van der Waals surface area contributed by atoms with Crippen LogP contribution in [0.1, 0.15) is 22.4 Å². The van der Waals surface area contributed by atoms with Gasteiger partial charge in [0.1, 0.15) is 0 Å². The van der Waals surface area contributed by atoms with Crippen molar-refractivity contribution >= 4 is 9.84 Å². The second-order valence-corrected chi connectivity index (χ2v) is 7.54. The maximum Gasteiger partial charge on any atom is 0.246 e. The Hall–Kier alpha value is -2.30. The number of hydrogen-bond acceptors (Lipinski definition) is 6. The van der Waals surface area contributed by atoms with Gasteiger partial charge in [0.25, 0.3) is 0 Å². The average Bonchev–Trinajstić information content (AvgIpc) is 2.54. The molecule has 0 amide bonds. The molecule has 1 aromatic heterocycles. The standard InChI is InChI=1S/C16H16N4O2S/c1-23(21,22)16-18-9-14-11-20(7-6-15(14)19-16)10-13-5-3-2-4-12(13)8-17/h2-5,9H,6-7,10-11H2,1H3. The first-order valence-electron chi connectivity index (χ1n) is 7.22. The summed E-state index contributed by atoms with van der Waals surface area (Å²) in [6.07, 6.45) is 3.39. The first-order chi connectivity index (χ1) is 11.0. The summed E-state index contributed by atoms with van der Waals surface area (Å²) in [4.78, 5) is 10.4. The normalized spacial score (nSPS) is 15.0. The molecule has 1 aromatic carbocycles. The van der Waals surface area contributed by atoms with Crippen molar-refractivity contribution in [2.45, 2.75) is 24.7 Å². The molecule has 2 aromatic rings. The molecule has 0 aliphatic carbocycles. The van der Waals surface area contributed by atoms with Crippen molar-refractivity contribution in [1.82, 2.24) is 14.9 Å². The van der Waals surface area contributed by atoms with Crippen LogP contribution in [0, 0.1) is 11.3 Å². The molecule has 7 heteroatoms. The zero-order valence-electron chi connectivity index (χ0n) is 12.7. The third-order valence-corrected chi connectivity index (χ3v) is 4.71. The molecular weight excluding hydrogens is 312 g/mol. The number of aromatic nitrogens is 2. The van der Waals surface area contributed by atoms with Crippen molar-refractivity contribution in [3.63, 3.8) is 0 Å². The van der Waals surface area contributed by atoms with Gasteiger partial charge in [-0.2, -0.15) is 5.26 Å². The van der Waals surface area contributed by atoms with Gasteiger partial charge in [-0.05, 0) is 11.6 Å². The molecule has 0 spiro atoms. The zero-order valence-corrected chi connectivity index (χ0v) is 13.5. The Morgan fingerprint density at radius 1 is 1.35 bits per heavy atom. The maximum atomic E-state index is 11.5. The van der Waals surface area contributed by atoms with Gasteiger partial charge in [-0.3, -0.25) is 4.90 Å². The third kappa shape index (κ3) is 3.38. The minimum Gasteiger partial charge on any atom is -0.294 e. The number of rotatable bonds is 3. The average molecular weight is 328 g/mol. The molecule has 0 saturated carbocycles. The molecule has 2 heterocycles. The molecule has 118 valence electrons. The van der Waals surface area contributed by atoms with Crippen LogP contribution in [-0.2, 0) is 29.3 Å². The molecule has 0 bridgehead atoms. The van der Waals surface area contributed by atoms with Crippen molar-refractivity contribution in [2.24, 2.45) is 0 Å². The summed E-state index contributed by atoms with van der Waals surface area (Å²) in [5.41, 5.74) is 3.41. The minimum absolute atomic E-state index is 0.112. The largest absolute Gasteiger partial charge is 0.294 e. The molecule has 0 unspecified atom stereocenters. The van der Waals surface area contributed by atoms with E-state index in [-0.39, 0.29) is 5.16 Å². The Morgan fingerprint density at radius 2 is 2.13 bits per heavy atom. The quantitative estimate of drug-likeness (QED) is 0.790. The van der Waals surface area contributed by atoms with Crippen molar-refractivity contribution in [3.8, 4) is 6.07 Å². The highest BCUT2D eigenvalue weighted by molar-refractivity contribution is 7.90. The number of fused-ring (bicyclic) bond motifs is 1. The smallest absolute Gasteiger partial charge is 0.246 e. The Labute approximate surface area is 135 Å². The lowest BCUT2D eigenvalue weighted by Crippen LogP contribution is -2.31. The van der Waals surface area contributed by atoms with Crippen molar-refractivity contribution in [3.05, 3.63) is 52.8 Å². The van der Waals surface area contributed by atoms with Crippen LogP contribution < -0.4 is 0 Å². The Bertz CT molecular complexity index is 887. The Morgan fingerprint density at radius 3 is 2.87 bits per heavy atom. The van der Waals surface area contributed by atoms with Gasteiger partial charge < -0.3 is 0 Å². The van der Waals surface area contributed by atoms with E-state index in [4.69, 9.17) is 5.26 Å². The van der Waals surface area contributed by atoms with Crippen LogP contribution in [0.5, 0.6) is 0 Å². The molecule has 0 atom stereocenters. The van der Waals surface area contributed by atoms with E-state index >= 15 is 0 Å².